The van der Waals surface area contributed by atoms with Crippen LogP contribution in [0.15, 0.2) is 18.2 Å². The van der Waals surface area contributed by atoms with Crippen LogP contribution in [0.1, 0.15) is 12.0 Å². The van der Waals surface area contributed by atoms with E-state index in [1.807, 2.05) is 12.1 Å². The number of amides is 1. The van der Waals surface area contributed by atoms with Crippen LogP contribution in [0.4, 0.5) is 5.69 Å². The maximum Gasteiger partial charge on any atom is 0.258 e. The number of carbonyl (C=O) groups is 1. The smallest absolute Gasteiger partial charge is 0.258 e. The SMILES string of the molecule is COCCNC(=O)COc1ccc2c(c1)NCCC2. The number of hydrogen-bond donors (Lipinski definition) is 2. The highest BCUT2D eigenvalue weighted by Gasteiger charge is 2.09. The molecule has 1 amide bonds. The number of anilines is 1. The Hall–Kier alpha value is -1.75. The fourth-order valence-electron chi connectivity index (χ4n) is 2.02. The van der Waals surface area contributed by atoms with Gasteiger partial charge in [-0.25, -0.2) is 0 Å². The van der Waals surface area contributed by atoms with Gasteiger partial charge in [-0.3, -0.25) is 4.79 Å². The molecule has 1 heterocycles. The summed E-state index contributed by atoms with van der Waals surface area (Å²) >= 11 is 0. The summed E-state index contributed by atoms with van der Waals surface area (Å²) in [4.78, 5) is 11.5. The fraction of sp³-hybridized carbons (Fsp3) is 0.500. The molecule has 1 aliphatic heterocycles. The van der Waals surface area contributed by atoms with Crippen LogP contribution >= 0.6 is 0 Å². The zero-order valence-electron chi connectivity index (χ0n) is 11.2. The Kier molecular flexibility index (Phi) is 5.03. The van der Waals surface area contributed by atoms with Gasteiger partial charge < -0.3 is 20.1 Å². The van der Waals surface area contributed by atoms with E-state index in [4.69, 9.17) is 9.47 Å². The molecule has 104 valence electrons. The number of hydrogen-bond acceptors (Lipinski definition) is 4. The van der Waals surface area contributed by atoms with Crippen molar-refractivity contribution in [2.75, 3.05) is 38.7 Å². The lowest BCUT2D eigenvalue weighted by Crippen LogP contribution is -2.31. The van der Waals surface area contributed by atoms with Crippen LogP contribution in [0.25, 0.3) is 0 Å². The van der Waals surface area contributed by atoms with Crippen molar-refractivity contribution in [2.45, 2.75) is 12.8 Å². The lowest BCUT2D eigenvalue weighted by atomic mass is 10.0. The number of nitrogens with one attached hydrogen (secondary N) is 2. The number of ether oxygens (including phenoxy) is 2. The fourth-order valence-corrected chi connectivity index (χ4v) is 2.02. The van der Waals surface area contributed by atoms with Crippen molar-refractivity contribution in [1.82, 2.24) is 5.32 Å². The third-order valence-electron chi connectivity index (χ3n) is 3.02. The number of methoxy groups -OCH3 is 1. The molecule has 0 radical (unpaired) electrons. The summed E-state index contributed by atoms with van der Waals surface area (Å²) in [6.07, 6.45) is 2.26. The third kappa shape index (κ3) is 4.13. The van der Waals surface area contributed by atoms with E-state index in [2.05, 4.69) is 16.7 Å². The van der Waals surface area contributed by atoms with E-state index in [1.165, 1.54) is 5.56 Å². The van der Waals surface area contributed by atoms with Crippen molar-refractivity contribution >= 4 is 11.6 Å². The highest BCUT2D eigenvalue weighted by molar-refractivity contribution is 5.77. The molecule has 0 saturated carbocycles. The maximum atomic E-state index is 11.5. The number of fused-ring (bicyclic) bond motifs is 1. The van der Waals surface area contributed by atoms with Gasteiger partial charge in [0.1, 0.15) is 5.75 Å². The molecule has 19 heavy (non-hydrogen) atoms. The van der Waals surface area contributed by atoms with Gasteiger partial charge in [0, 0.05) is 32.0 Å². The molecule has 5 nitrogen and oxygen atoms in total. The van der Waals surface area contributed by atoms with Crippen molar-refractivity contribution < 1.29 is 14.3 Å². The van der Waals surface area contributed by atoms with Gasteiger partial charge in [-0.1, -0.05) is 6.07 Å². The van der Waals surface area contributed by atoms with Gasteiger partial charge in [-0.2, -0.15) is 0 Å². The molecule has 0 bridgehead atoms. The normalized spacial score (nSPS) is 13.3. The first-order valence-corrected chi connectivity index (χ1v) is 6.55. The second-order valence-corrected chi connectivity index (χ2v) is 4.48. The minimum atomic E-state index is -0.136. The molecule has 1 aliphatic rings. The summed E-state index contributed by atoms with van der Waals surface area (Å²) in [7, 11) is 1.60. The molecule has 0 unspecified atom stereocenters. The zero-order valence-corrected chi connectivity index (χ0v) is 11.2. The number of rotatable bonds is 6. The predicted molar refractivity (Wildman–Crippen MR) is 73.6 cm³/mol. The first-order chi connectivity index (χ1) is 9.29. The largest absolute Gasteiger partial charge is 0.484 e. The summed E-state index contributed by atoms with van der Waals surface area (Å²) in [5.74, 6) is 0.581. The monoisotopic (exact) mass is 264 g/mol. The van der Waals surface area contributed by atoms with E-state index < -0.39 is 0 Å². The molecule has 1 aromatic rings. The van der Waals surface area contributed by atoms with Crippen LogP contribution in [0, 0.1) is 0 Å². The molecular weight excluding hydrogens is 244 g/mol. The van der Waals surface area contributed by atoms with Gasteiger partial charge in [-0.05, 0) is 24.5 Å². The number of carbonyl (C=O) groups excluding carboxylic acids is 1. The molecule has 1 aromatic carbocycles. The average molecular weight is 264 g/mol. The molecule has 0 saturated heterocycles. The molecule has 0 aliphatic carbocycles. The van der Waals surface area contributed by atoms with Gasteiger partial charge in [0.2, 0.25) is 0 Å². The van der Waals surface area contributed by atoms with Crippen LogP contribution in [0.3, 0.4) is 0 Å². The van der Waals surface area contributed by atoms with Gasteiger partial charge in [-0.15, -0.1) is 0 Å². The Morgan fingerprint density at radius 1 is 1.47 bits per heavy atom. The first-order valence-electron chi connectivity index (χ1n) is 6.55. The number of aryl methyl sites for hydroxylation is 1. The predicted octanol–water partition coefficient (Wildman–Crippen LogP) is 1.19. The standard InChI is InChI=1S/C14H20N2O3/c1-18-8-7-16-14(17)10-19-12-5-4-11-3-2-6-15-13(11)9-12/h4-5,9,15H,2-3,6-8,10H2,1H3,(H,16,17). The molecule has 5 heteroatoms. The molecule has 0 fully saturated rings. The summed E-state index contributed by atoms with van der Waals surface area (Å²) in [6, 6.07) is 5.92. The maximum absolute atomic E-state index is 11.5. The minimum Gasteiger partial charge on any atom is -0.484 e. The summed E-state index contributed by atoms with van der Waals surface area (Å²) < 4.78 is 10.3. The second kappa shape index (κ2) is 6.99. The van der Waals surface area contributed by atoms with Crippen molar-refractivity contribution in [3.63, 3.8) is 0 Å². The van der Waals surface area contributed by atoms with Crippen LogP contribution in [-0.4, -0.2) is 39.3 Å². The van der Waals surface area contributed by atoms with Gasteiger partial charge >= 0.3 is 0 Å². The highest BCUT2D eigenvalue weighted by Crippen LogP contribution is 2.26. The van der Waals surface area contributed by atoms with Crippen molar-refractivity contribution in [3.8, 4) is 5.75 Å². The molecule has 2 N–H and O–H groups in total. The number of benzene rings is 1. The van der Waals surface area contributed by atoms with E-state index in [0.717, 1.165) is 30.8 Å². The van der Waals surface area contributed by atoms with Gasteiger partial charge in [0.25, 0.3) is 5.91 Å². The van der Waals surface area contributed by atoms with Crippen molar-refractivity contribution in [3.05, 3.63) is 23.8 Å². The summed E-state index contributed by atoms with van der Waals surface area (Å²) in [5.41, 5.74) is 2.42. The second-order valence-electron chi connectivity index (χ2n) is 4.48. The van der Waals surface area contributed by atoms with Crippen molar-refractivity contribution in [1.29, 1.82) is 0 Å². The molecular formula is C14H20N2O3. The quantitative estimate of drug-likeness (QED) is 0.758. The topological polar surface area (TPSA) is 59.6 Å². The van der Waals surface area contributed by atoms with E-state index >= 15 is 0 Å². The Labute approximate surface area is 113 Å². The first kappa shape index (κ1) is 13.7. The van der Waals surface area contributed by atoms with Gasteiger partial charge in [0.05, 0.1) is 6.61 Å². The van der Waals surface area contributed by atoms with Crippen LogP contribution in [0.2, 0.25) is 0 Å². The molecule has 0 aromatic heterocycles. The third-order valence-corrected chi connectivity index (χ3v) is 3.02. The highest BCUT2D eigenvalue weighted by atomic mass is 16.5. The Morgan fingerprint density at radius 3 is 3.21 bits per heavy atom. The Balaban J connectivity index is 1.81. The summed E-state index contributed by atoms with van der Waals surface area (Å²) in [6.45, 7) is 2.04. The summed E-state index contributed by atoms with van der Waals surface area (Å²) in [5, 5.41) is 6.05. The van der Waals surface area contributed by atoms with E-state index in [1.54, 1.807) is 7.11 Å². The van der Waals surface area contributed by atoms with E-state index in [-0.39, 0.29) is 12.5 Å². The Bertz CT molecular complexity index is 435. The lowest BCUT2D eigenvalue weighted by Gasteiger charge is -2.18. The molecule has 2 rings (SSSR count). The van der Waals surface area contributed by atoms with Crippen LogP contribution in [0.5, 0.6) is 5.75 Å². The average Bonchev–Trinajstić information content (AvgIpc) is 2.45. The van der Waals surface area contributed by atoms with Crippen LogP contribution in [-0.2, 0) is 16.0 Å². The van der Waals surface area contributed by atoms with Crippen molar-refractivity contribution in [2.24, 2.45) is 0 Å². The zero-order chi connectivity index (χ0) is 13.5. The van der Waals surface area contributed by atoms with E-state index in [9.17, 15) is 4.79 Å². The molecule has 0 atom stereocenters. The van der Waals surface area contributed by atoms with Crippen LogP contribution < -0.4 is 15.4 Å². The Morgan fingerprint density at radius 2 is 2.37 bits per heavy atom. The van der Waals surface area contributed by atoms with E-state index in [0.29, 0.717) is 13.2 Å². The lowest BCUT2D eigenvalue weighted by molar-refractivity contribution is -0.123. The molecule has 0 spiro atoms. The minimum absolute atomic E-state index is 0.0303. The van der Waals surface area contributed by atoms with Gasteiger partial charge in [0.15, 0.2) is 6.61 Å².